The van der Waals surface area contributed by atoms with Crippen molar-refractivity contribution in [1.82, 2.24) is 0 Å². The maximum Gasteiger partial charge on any atom is 0.136 e. The van der Waals surface area contributed by atoms with Gasteiger partial charge in [-0.3, -0.25) is 0 Å². The van der Waals surface area contributed by atoms with Crippen LogP contribution in [0.3, 0.4) is 0 Å². The Hall–Kier alpha value is -4.04. The van der Waals surface area contributed by atoms with Gasteiger partial charge in [0, 0.05) is 10.8 Å². The van der Waals surface area contributed by atoms with E-state index < -0.39 is 0 Å². The van der Waals surface area contributed by atoms with Gasteiger partial charge >= 0.3 is 0 Å². The summed E-state index contributed by atoms with van der Waals surface area (Å²) in [6.45, 7) is 0. The predicted octanol–water partition coefficient (Wildman–Crippen LogP) is 7.51. The van der Waals surface area contributed by atoms with Gasteiger partial charge in [-0.15, -0.1) is 0 Å². The molecule has 0 N–H and O–H groups in total. The molecule has 0 fully saturated rings. The van der Waals surface area contributed by atoms with Gasteiger partial charge in [-0.05, 0) is 67.7 Å². The lowest BCUT2D eigenvalue weighted by molar-refractivity contribution is 0.669. The lowest BCUT2D eigenvalue weighted by atomic mass is 9.92. The van der Waals surface area contributed by atoms with Crippen LogP contribution >= 0.6 is 0 Å². The van der Waals surface area contributed by atoms with Crippen LogP contribution in [0.5, 0.6) is 0 Å². The smallest absolute Gasteiger partial charge is 0.136 e. The molecule has 146 valence electrons. The minimum Gasteiger partial charge on any atom is -0.456 e. The van der Waals surface area contributed by atoms with Crippen LogP contribution in [-0.2, 0) is 0 Å². The van der Waals surface area contributed by atoms with Crippen molar-refractivity contribution in [3.05, 3.63) is 103 Å². The Morgan fingerprint density at radius 2 is 0.875 bits per heavy atom. The highest BCUT2D eigenvalue weighted by molar-refractivity contribution is 6.33. The molecule has 0 aliphatic rings. The van der Waals surface area contributed by atoms with Crippen molar-refractivity contribution in [3.8, 4) is 11.1 Å². The molecule has 0 aliphatic carbocycles. The van der Waals surface area contributed by atoms with Crippen LogP contribution in [-0.4, -0.2) is 7.85 Å². The van der Waals surface area contributed by atoms with Crippen LogP contribution in [0.4, 0.5) is 0 Å². The van der Waals surface area contributed by atoms with Crippen molar-refractivity contribution in [2.24, 2.45) is 0 Å². The van der Waals surface area contributed by atoms with Gasteiger partial charge in [0.1, 0.15) is 19.0 Å². The highest BCUT2D eigenvalue weighted by atomic mass is 16.3. The third-order valence-electron chi connectivity index (χ3n) is 6.57. The van der Waals surface area contributed by atoms with Crippen LogP contribution in [0, 0.1) is 0 Å². The summed E-state index contributed by atoms with van der Waals surface area (Å²) in [5.74, 6) is 0. The first kappa shape index (κ1) is 17.6. The van der Waals surface area contributed by atoms with E-state index in [1.807, 2.05) is 18.2 Å². The summed E-state index contributed by atoms with van der Waals surface area (Å²) in [6.07, 6.45) is 0. The Kier molecular flexibility index (Phi) is 3.57. The molecule has 0 saturated carbocycles. The molecule has 32 heavy (non-hydrogen) atoms. The van der Waals surface area contributed by atoms with Crippen LogP contribution in [0.2, 0.25) is 0 Å². The molecule has 0 atom stereocenters. The summed E-state index contributed by atoms with van der Waals surface area (Å²) >= 11 is 0. The molecule has 1 heterocycles. The van der Waals surface area contributed by atoms with Crippen molar-refractivity contribution in [3.63, 3.8) is 0 Å². The maximum atomic E-state index is 6.13. The average Bonchev–Trinajstić information content (AvgIpc) is 3.20. The first-order valence-electron chi connectivity index (χ1n) is 10.8. The summed E-state index contributed by atoms with van der Waals surface area (Å²) in [5.41, 5.74) is 4.74. The molecule has 7 aromatic rings. The van der Waals surface area contributed by atoms with Gasteiger partial charge in [-0.2, -0.15) is 0 Å². The Morgan fingerprint density at radius 3 is 1.53 bits per heavy atom. The Morgan fingerprint density at radius 1 is 0.406 bits per heavy atom. The van der Waals surface area contributed by atoms with Crippen molar-refractivity contribution < 1.29 is 4.42 Å². The van der Waals surface area contributed by atoms with Gasteiger partial charge in [0.15, 0.2) is 0 Å². The predicted molar refractivity (Wildman–Crippen MR) is 137 cm³/mol. The molecule has 2 radical (unpaired) electrons. The molecule has 0 spiro atoms. The second kappa shape index (κ2) is 6.48. The van der Waals surface area contributed by atoms with Gasteiger partial charge in [0.25, 0.3) is 0 Å². The number of benzene rings is 6. The molecule has 0 amide bonds. The fourth-order valence-electron chi connectivity index (χ4n) is 5.06. The summed E-state index contributed by atoms with van der Waals surface area (Å²) < 4.78 is 6.13. The minimum atomic E-state index is 0.713. The minimum absolute atomic E-state index is 0.713. The zero-order valence-corrected chi connectivity index (χ0v) is 17.3. The van der Waals surface area contributed by atoms with Crippen LogP contribution in [0.15, 0.2) is 108 Å². The summed E-state index contributed by atoms with van der Waals surface area (Å²) in [4.78, 5) is 0. The molecule has 0 unspecified atom stereocenters. The molecular formula is C30H17BO. The zero-order chi connectivity index (χ0) is 21.2. The van der Waals surface area contributed by atoms with Gasteiger partial charge in [0.05, 0.1) is 0 Å². The molecule has 0 aliphatic heterocycles. The second-order valence-electron chi connectivity index (χ2n) is 8.42. The molecule has 2 heteroatoms. The number of hydrogen-bond donors (Lipinski definition) is 0. The Labute approximate surface area is 186 Å². The lowest BCUT2D eigenvalue weighted by Crippen LogP contribution is -1.98. The van der Waals surface area contributed by atoms with Crippen molar-refractivity contribution in [1.29, 1.82) is 0 Å². The summed E-state index contributed by atoms with van der Waals surface area (Å²) in [7, 11) is 5.94. The van der Waals surface area contributed by atoms with E-state index in [9.17, 15) is 0 Å². The standard InChI is InChI=1S/C30H17BO/c31-20-11-14-27-26-13-10-19(16-29(26)32-30(27)17-20)18-9-12-25-23-7-2-1-5-21(23)22-6-3-4-8-24(22)28(25)15-18/h1-17H. The SMILES string of the molecule is [B]c1ccc2c(c1)oc1cc(-c3ccc4c5ccccc5c5ccccc5c4c3)ccc12. The normalized spacial score (nSPS) is 11.9. The van der Waals surface area contributed by atoms with E-state index in [4.69, 9.17) is 12.3 Å². The zero-order valence-electron chi connectivity index (χ0n) is 17.3. The van der Waals surface area contributed by atoms with E-state index in [0.717, 1.165) is 27.5 Å². The van der Waals surface area contributed by atoms with Crippen LogP contribution in [0.1, 0.15) is 0 Å². The number of hydrogen-bond acceptors (Lipinski definition) is 1. The molecule has 1 aromatic heterocycles. The third kappa shape index (κ3) is 2.47. The van der Waals surface area contributed by atoms with Gasteiger partial charge in [0.2, 0.25) is 0 Å². The number of fused-ring (bicyclic) bond motifs is 9. The van der Waals surface area contributed by atoms with E-state index in [1.54, 1.807) is 0 Å². The fraction of sp³-hybridized carbons (Fsp3) is 0. The van der Waals surface area contributed by atoms with Crippen molar-refractivity contribution >= 4 is 67.6 Å². The average molecular weight is 404 g/mol. The van der Waals surface area contributed by atoms with E-state index >= 15 is 0 Å². The van der Waals surface area contributed by atoms with Crippen LogP contribution in [0.25, 0.3) is 65.4 Å². The summed E-state index contributed by atoms with van der Waals surface area (Å²) in [5, 5.41) is 9.92. The first-order chi connectivity index (χ1) is 15.8. The topological polar surface area (TPSA) is 13.1 Å². The van der Waals surface area contributed by atoms with Gasteiger partial charge in [-0.1, -0.05) is 84.3 Å². The molecule has 0 saturated heterocycles. The van der Waals surface area contributed by atoms with E-state index in [-0.39, 0.29) is 0 Å². The van der Waals surface area contributed by atoms with E-state index in [0.29, 0.717) is 5.46 Å². The van der Waals surface area contributed by atoms with E-state index in [1.165, 1.54) is 37.9 Å². The number of rotatable bonds is 1. The van der Waals surface area contributed by atoms with Gasteiger partial charge < -0.3 is 4.42 Å². The quantitative estimate of drug-likeness (QED) is 0.204. The summed E-state index contributed by atoms with van der Waals surface area (Å²) in [6, 6.07) is 36.4. The van der Waals surface area contributed by atoms with E-state index in [2.05, 4.69) is 84.9 Å². The highest BCUT2D eigenvalue weighted by Gasteiger charge is 2.11. The highest BCUT2D eigenvalue weighted by Crippen LogP contribution is 2.38. The second-order valence-corrected chi connectivity index (χ2v) is 8.42. The van der Waals surface area contributed by atoms with Crippen molar-refractivity contribution in [2.45, 2.75) is 0 Å². The molecule has 1 nitrogen and oxygen atoms in total. The molecule has 6 aromatic carbocycles. The molecule has 7 rings (SSSR count). The fourth-order valence-corrected chi connectivity index (χ4v) is 5.06. The van der Waals surface area contributed by atoms with Gasteiger partial charge in [-0.25, -0.2) is 0 Å². The Balaban J connectivity index is 1.51. The number of furan rings is 1. The maximum absolute atomic E-state index is 6.13. The van der Waals surface area contributed by atoms with Crippen molar-refractivity contribution in [2.75, 3.05) is 0 Å². The molecule has 0 bridgehead atoms. The Bertz CT molecular complexity index is 1810. The van der Waals surface area contributed by atoms with Crippen LogP contribution < -0.4 is 5.46 Å². The third-order valence-corrected chi connectivity index (χ3v) is 6.57. The first-order valence-corrected chi connectivity index (χ1v) is 10.8. The lowest BCUT2D eigenvalue weighted by Gasteiger charge is -2.12. The molecular weight excluding hydrogens is 387 g/mol. The largest absolute Gasteiger partial charge is 0.456 e. The monoisotopic (exact) mass is 404 g/mol.